The Morgan fingerprint density at radius 3 is 2.44 bits per heavy atom. The van der Waals surface area contributed by atoms with Crippen LogP contribution in [0.4, 0.5) is 5.82 Å². The van der Waals surface area contributed by atoms with Crippen LogP contribution in [0.1, 0.15) is 17.2 Å². The maximum atomic E-state index is 10.9. The minimum absolute atomic E-state index is 0.528. The van der Waals surface area contributed by atoms with Crippen LogP contribution in [0.15, 0.2) is 36.5 Å². The van der Waals surface area contributed by atoms with E-state index in [1.54, 1.807) is 12.3 Å². The molecule has 3 heterocycles. The first kappa shape index (κ1) is 23.1. The highest BCUT2D eigenvalue weighted by molar-refractivity contribution is 5.68. The molecule has 0 aliphatic carbocycles. The third-order valence-electron chi connectivity index (χ3n) is 6.24. The lowest BCUT2D eigenvalue weighted by atomic mass is 9.88. The van der Waals surface area contributed by atoms with Gasteiger partial charge in [0.2, 0.25) is 0 Å². The van der Waals surface area contributed by atoms with E-state index in [-0.39, 0.29) is 0 Å². The first-order valence-electron chi connectivity index (χ1n) is 10.8. The second-order valence-corrected chi connectivity index (χ2v) is 8.31. The van der Waals surface area contributed by atoms with Gasteiger partial charge in [0.15, 0.2) is 0 Å². The number of anilines is 1. The third-order valence-corrected chi connectivity index (χ3v) is 6.24. The zero-order chi connectivity index (χ0) is 22.8. The fraction of sp³-hybridized carbons (Fsp3) is 0.522. The molecule has 2 aliphatic rings. The summed E-state index contributed by atoms with van der Waals surface area (Å²) in [5.41, 5.74) is 3.24. The summed E-state index contributed by atoms with van der Waals surface area (Å²) in [4.78, 5) is 6.65. The summed E-state index contributed by atoms with van der Waals surface area (Å²) in [6.07, 6.45) is -6.24. The van der Waals surface area contributed by atoms with Crippen LogP contribution in [0.5, 0.6) is 0 Å². The average molecular weight is 447 g/mol. The van der Waals surface area contributed by atoms with Crippen molar-refractivity contribution in [1.29, 1.82) is 0 Å². The Morgan fingerprint density at radius 2 is 1.75 bits per heavy atom. The summed E-state index contributed by atoms with van der Waals surface area (Å²) in [5, 5.41) is 50.6. The van der Waals surface area contributed by atoms with Crippen LogP contribution in [-0.4, -0.2) is 93.9 Å². The number of pyridine rings is 1. The highest BCUT2D eigenvalue weighted by atomic mass is 16.6. The fourth-order valence-electron chi connectivity index (χ4n) is 4.32. The predicted octanol–water partition coefficient (Wildman–Crippen LogP) is -0.231. The number of hydrogen-bond donors (Lipinski definition) is 5. The van der Waals surface area contributed by atoms with E-state index in [1.165, 1.54) is 0 Å². The molecule has 2 aliphatic heterocycles. The molecule has 2 aromatic rings. The van der Waals surface area contributed by atoms with Crippen molar-refractivity contribution in [2.45, 2.75) is 43.5 Å². The van der Waals surface area contributed by atoms with Gasteiger partial charge in [0.25, 0.3) is 0 Å². The standard InChI is InChI=1S/C23H30N2O7/c1-13-10-14(15-4-5-24-18(11-15)25-6-8-31-9-7-25)2-3-16(13)19(27)23-22(30)21(29)20(28)17(12-26)32-23/h2-5,10-11,17,19-23,26-30H,6-9,12H2,1H3/t17?,19-,20-,21?,22?,23-/m1/s1. The molecular weight excluding hydrogens is 416 g/mol. The first-order valence-corrected chi connectivity index (χ1v) is 10.8. The van der Waals surface area contributed by atoms with Gasteiger partial charge >= 0.3 is 0 Å². The molecule has 6 atom stereocenters. The second kappa shape index (κ2) is 9.80. The molecule has 9 nitrogen and oxygen atoms in total. The minimum Gasteiger partial charge on any atom is -0.394 e. The van der Waals surface area contributed by atoms with Crippen molar-refractivity contribution in [3.05, 3.63) is 47.7 Å². The van der Waals surface area contributed by atoms with Crippen LogP contribution in [0.25, 0.3) is 11.1 Å². The molecule has 3 unspecified atom stereocenters. The number of aromatic nitrogens is 1. The quantitative estimate of drug-likeness (QED) is 0.422. The number of aryl methyl sites for hydroxylation is 1. The monoisotopic (exact) mass is 446 g/mol. The molecule has 1 aromatic carbocycles. The van der Waals surface area contributed by atoms with E-state index in [0.29, 0.717) is 18.8 Å². The smallest absolute Gasteiger partial charge is 0.129 e. The van der Waals surface area contributed by atoms with Crippen molar-refractivity contribution in [1.82, 2.24) is 4.98 Å². The highest BCUT2D eigenvalue weighted by Gasteiger charge is 2.46. The Balaban J connectivity index is 1.56. The van der Waals surface area contributed by atoms with E-state index >= 15 is 0 Å². The summed E-state index contributed by atoms with van der Waals surface area (Å²) >= 11 is 0. The summed E-state index contributed by atoms with van der Waals surface area (Å²) in [5.74, 6) is 0.883. The molecule has 0 radical (unpaired) electrons. The van der Waals surface area contributed by atoms with Crippen LogP contribution in [-0.2, 0) is 9.47 Å². The normalized spacial score (nSPS) is 29.7. The van der Waals surface area contributed by atoms with Gasteiger partial charge in [0.05, 0.1) is 19.8 Å². The number of rotatable bonds is 5. The van der Waals surface area contributed by atoms with E-state index in [9.17, 15) is 25.5 Å². The number of aliphatic hydroxyl groups excluding tert-OH is 5. The Bertz CT molecular complexity index is 919. The first-order chi connectivity index (χ1) is 15.4. The Kier molecular flexibility index (Phi) is 7.06. The second-order valence-electron chi connectivity index (χ2n) is 8.31. The van der Waals surface area contributed by atoms with E-state index < -0.39 is 43.2 Å². The fourth-order valence-corrected chi connectivity index (χ4v) is 4.32. The van der Waals surface area contributed by atoms with E-state index in [2.05, 4.69) is 9.88 Å². The van der Waals surface area contributed by atoms with Crippen molar-refractivity contribution < 1.29 is 35.0 Å². The number of hydrogen-bond acceptors (Lipinski definition) is 9. The van der Waals surface area contributed by atoms with Crippen LogP contribution in [0, 0.1) is 6.92 Å². The molecule has 174 valence electrons. The zero-order valence-corrected chi connectivity index (χ0v) is 17.9. The van der Waals surface area contributed by atoms with Crippen molar-refractivity contribution in [2.24, 2.45) is 0 Å². The van der Waals surface area contributed by atoms with E-state index in [1.807, 2.05) is 31.2 Å². The lowest BCUT2D eigenvalue weighted by Gasteiger charge is -2.42. The predicted molar refractivity (Wildman–Crippen MR) is 116 cm³/mol. The van der Waals surface area contributed by atoms with Crippen LogP contribution < -0.4 is 4.90 Å². The SMILES string of the molecule is Cc1cc(-c2ccnc(N3CCOCC3)c2)ccc1[C@@H](O)[C@H]1OC(CO)[C@@H](O)C(O)C1O. The van der Waals surface area contributed by atoms with Gasteiger partial charge in [0.1, 0.15) is 42.4 Å². The Hall–Kier alpha value is -2.11. The molecule has 0 spiro atoms. The molecular formula is C23H30N2O7. The van der Waals surface area contributed by atoms with Crippen LogP contribution in [0.2, 0.25) is 0 Å². The largest absolute Gasteiger partial charge is 0.394 e. The Morgan fingerprint density at radius 1 is 1.03 bits per heavy atom. The lowest BCUT2D eigenvalue weighted by molar-refractivity contribution is -0.250. The topological polar surface area (TPSA) is 136 Å². The molecule has 2 saturated heterocycles. The van der Waals surface area contributed by atoms with E-state index in [0.717, 1.165) is 35.6 Å². The van der Waals surface area contributed by atoms with Gasteiger partial charge in [0, 0.05) is 19.3 Å². The van der Waals surface area contributed by atoms with Gasteiger partial charge in [-0.3, -0.25) is 0 Å². The van der Waals surface area contributed by atoms with Crippen molar-refractivity contribution in [2.75, 3.05) is 37.8 Å². The molecule has 32 heavy (non-hydrogen) atoms. The lowest BCUT2D eigenvalue weighted by Crippen LogP contribution is -2.59. The van der Waals surface area contributed by atoms with E-state index in [4.69, 9.17) is 9.47 Å². The van der Waals surface area contributed by atoms with Crippen molar-refractivity contribution >= 4 is 5.82 Å². The summed E-state index contributed by atoms with van der Waals surface area (Å²) in [6.45, 7) is 4.24. The number of nitrogens with zero attached hydrogens (tertiary/aromatic N) is 2. The molecule has 2 fully saturated rings. The summed E-state index contributed by atoms with van der Waals surface area (Å²) in [6, 6.07) is 9.50. The number of ether oxygens (including phenoxy) is 2. The number of morpholine rings is 1. The molecule has 9 heteroatoms. The summed E-state index contributed by atoms with van der Waals surface area (Å²) < 4.78 is 10.9. The summed E-state index contributed by atoms with van der Waals surface area (Å²) in [7, 11) is 0. The van der Waals surface area contributed by atoms with Crippen LogP contribution >= 0.6 is 0 Å². The van der Waals surface area contributed by atoms with Gasteiger partial charge in [-0.1, -0.05) is 18.2 Å². The van der Waals surface area contributed by atoms with Crippen molar-refractivity contribution in [3.63, 3.8) is 0 Å². The molecule has 1 aromatic heterocycles. The average Bonchev–Trinajstić information content (AvgIpc) is 2.83. The van der Waals surface area contributed by atoms with Gasteiger partial charge in [-0.15, -0.1) is 0 Å². The van der Waals surface area contributed by atoms with Gasteiger partial charge in [-0.2, -0.15) is 0 Å². The van der Waals surface area contributed by atoms with Crippen molar-refractivity contribution in [3.8, 4) is 11.1 Å². The number of aliphatic hydroxyl groups is 5. The molecule has 0 saturated carbocycles. The molecule has 0 amide bonds. The third kappa shape index (κ3) is 4.51. The number of benzene rings is 1. The minimum atomic E-state index is -1.53. The van der Waals surface area contributed by atoms with Gasteiger partial charge in [-0.25, -0.2) is 4.98 Å². The van der Waals surface area contributed by atoms with Gasteiger partial charge < -0.3 is 39.9 Å². The van der Waals surface area contributed by atoms with Gasteiger partial charge in [-0.05, 0) is 41.3 Å². The highest BCUT2D eigenvalue weighted by Crippen LogP contribution is 2.33. The molecule has 0 bridgehead atoms. The maximum absolute atomic E-state index is 10.9. The molecule has 5 N–H and O–H groups in total. The maximum Gasteiger partial charge on any atom is 0.129 e. The Labute approximate surface area is 186 Å². The zero-order valence-electron chi connectivity index (χ0n) is 17.9. The van der Waals surface area contributed by atoms with Crippen LogP contribution in [0.3, 0.4) is 0 Å². The molecule has 4 rings (SSSR count).